The smallest absolute Gasteiger partial charge is 0.211 e. The van der Waals surface area contributed by atoms with Gasteiger partial charge in [0, 0.05) is 6.54 Å². The van der Waals surface area contributed by atoms with E-state index in [1.807, 2.05) is 6.92 Å². The van der Waals surface area contributed by atoms with Crippen molar-refractivity contribution in [2.24, 2.45) is 5.92 Å². The molecule has 1 unspecified atom stereocenters. The Morgan fingerprint density at radius 2 is 2.06 bits per heavy atom. The summed E-state index contributed by atoms with van der Waals surface area (Å²) in [4.78, 5) is 0. The number of sulfonamides is 1. The van der Waals surface area contributed by atoms with Crippen LogP contribution in [0.15, 0.2) is 0 Å². The van der Waals surface area contributed by atoms with Crippen LogP contribution in [0.1, 0.15) is 26.2 Å². The Hall–Kier alpha value is -0.140. The van der Waals surface area contributed by atoms with Gasteiger partial charge in [-0.3, -0.25) is 0 Å². The SMILES string of the molecule is CCCS(=O)(=O)NCCC1CCS(=O)(=O)C1. The van der Waals surface area contributed by atoms with Gasteiger partial charge in [0.2, 0.25) is 10.0 Å². The molecule has 1 aliphatic rings. The van der Waals surface area contributed by atoms with Crippen LogP contribution in [0.4, 0.5) is 0 Å². The maximum absolute atomic E-state index is 11.3. The van der Waals surface area contributed by atoms with Gasteiger partial charge in [-0.2, -0.15) is 0 Å². The molecule has 1 fully saturated rings. The maximum Gasteiger partial charge on any atom is 0.211 e. The summed E-state index contributed by atoms with van der Waals surface area (Å²) in [5, 5.41) is 0. The number of rotatable bonds is 6. The molecule has 0 radical (unpaired) electrons. The molecule has 0 bridgehead atoms. The summed E-state index contributed by atoms with van der Waals surface area (Å²) < 4.78 is 47.4. The monoisotopic (exact) mass is 269 g/mol. The summed E-state index contributed by atoms with van der Waals surface area (Å²) in [6, 6.07) is 0. The van der Waals surface area contributed by atoms with Crippen molar-refractivity contribution < 1.29 is 16.8 Å². The second-order valence-corrected chi connectivity index (χ2v) is 8.43. The summed E-state index contributed by atoms with van der Waals surface area (Å²) in [5.41, 5.74) is 0. The molecule has 0 aliphatic carbocycles. The molecule has 0 aromatic rings. The van der Waals surface area contributed by atoms with Crippen molar-refractivity contribution in [1.82, 2.24) is 4.72 Å². The van der Waals surface area contributed by atoms with E-state index in [0.29, 0.717) is 25.8 Å². The van der Waals surface area contributed by atoms with Gasteiger partial charge in [-0.05, 0) is 25.2 Å². The van der Waals surface area contributed by atoms with Crippen LogP contribution in [0.25, 0.3) is 0 Å². The van der Waals surface area contributed by atoms with Crippen molar-refractivity contribution in [3.63, 3.8) is 0 Å². The van der Waals surface area contributed by atoms with E-state index in [-0.39, 0.29) is 23.2 Å². The van der Waals surface area contributed by atoms with Gasteiger partial charge in [-0.15, -0.1) is 0 Å². The molecule has 16 heavy (non-hydrogen) atoms. The first-order valence-electron chi connectivity index (χ1n) is 5.52. The zero-order valence-corrected chi connectivity index (χ0v) is 11.1. The highest BCUT2D eigenvalue weighted by Gasteiger charge is 2.27. The fourth-order valence-electron chi connectivity index (χ4n) is 1.86. The minimum atomic E-state index is -3.15. The van der Waals surface area contributed by atoms with E-state index in [9.17, 15) is 16.8 Å². The lowest BCUT2D eigenvalue weighted by molar-refractivity contribution is 0.527. The highest BCUT2D eigenvalue weighted by molar-refractivity contribution is 7.91. The molecule has 1 aliphatic heterocycles. The summed E-state index contributed by atoms with van der Waals surface area (Å²) in [7, 11) is -6.00. The third-order valence-corrected chi connectivity index (χ3v) is 6.10. The summed E-state index contributed by atoms with van der Waals surface area (Å²) >= 11 is 0. The Balaban J connectivity index is 2.27. The molecule has 96 valence electrons. The predicted molar refractivity (Wildman–Crippen MR) is 63.5 cm³/mol. The van der Waals surface area contributed by atoms with Crippen LogP contribution in [0, 0.1) is 5.92 Å². The Morgan fingerprint density at radius 3 is 2.56 bits per heavy atom. The fraction of sp³-hybridized carbons (Fsp3) is 1.00. The molecule has 0 aromatic heterocycles. The third kappa shape index (κ3) is 4.80. The van der Waals surface area contributed by atoms with E-state index in [0.717, 1.165) is 0 Å². The lowest BCUT2D eigenvalue weighted by Gasteiger charge is -2.08. The maximum atomic E-state index is 11.3. The van der Waals surface area contributed by atoms with Crippen molar-refractivity contribution in [2.45, 2.75) is 26.2 Å². The lowest BCUT2D eigenvalue weighted by atomic mass is 10.1. The number of hydrogen-bond donors (Lipinski definition) is 1. The number of hydrogen-bond acceptors (Lipinski definition) is 4. The highest BCUT2D eigenvalue weighted by Crippen LogP contribution is 2.20. The Bertz CT molecular complexity index is 413. The predicted octanol–water partition coefficient (Wildman–Crippen LogP) is 0.141. The van der Waals surface area contributed by atoms with Gasteiger partial charge in [-0.25, -0.2) is 21.6 Å². The van der Waals surface area contributed by atoms with Gasteiger partial charge < -0.3 is 0 Å². The van der Waals surface area contributed by atoms with Crippen molar-refractivity contribution in [2.75, 3.05) is 23.8 Å². The molecule has 1 N–H and O–H groups in total. The first kappa shape index (κ1) is 13.9. The third-order valence-electron chi connectivity index (χ3n) is 2.67. The molecule has 1 rings (SSSR count). The van der Waals surface area contributed by atoms with Crippen molar-refractivity contribution in [3.05, 3.63) is 0 Å². The zero-order chi connectivity index (χ0) is 12.2. The Kier molecular flexibility index (Phi) is 4.75. The first-order chi connectivity index (χ1) is 7.35. The normalized spacial score (nSPS) is 24.7. The van der Waals surface area contributed by atoms with Gasteiger partial charge in [0.05, 0.1) is 17.3 Å². The number of nitrogens with one attached hydrogen (secondary N) is 1. The highest BCUT2D eigenvalue weighted by atomic mass is 32.2. The van der Waals surface area contributed by atoms with E-state index in [2.05, 4.69) is 4.72 Å². The van der Waals surface area contributed by atoms with E-state index >= 15 is 0 Å². The van der Waals surface area contributed by atoms with Crippen LogP contribution in [-0.2, 0) is 19.9 Å². The quantitative estimate of drug-likeness (QED) is 0.744. The molecule has 1 atom stereocenters. The van der Waals surface area contributed by atoms with Crippen molar-refractivity contribution in [1.29, 1.82) is 0 Å². The van der Waals surface area contributed by atoms with E-state index in [1.54, 1.807) is 0 Å². The Labute approximate surface area is 97.6 Å². The fourth-order valence-corrected chi connectivity index (χ4v) is 4.88. The minimum Gasteiger partial charge on any atom is -0.229 e. The molecular formula is C9H19NO4S2. The van der Waals surface area contributed by atoms with E-state index < -0.39 is 19.9 Å². The molecule has 0 saturated carbocycles. The van der Waals surface area contributed by atoms with Gasteiger partial charge in [0.15, 0.2) is 9.84 Å². The van der Waals surface area contributed by atoms with Crippen molar-refractivity contribution in [3.8, 4) is 0 Å². The van der Waals surface area contributed by atoms with Gasteiger partial charge in [-0.1, -0.05) is 6.92 Å². The Morgan fingerprint density at radius 1 is 1.38 bits per heavy atom. The summed E-state index contributed by atoms with van der Waals surface area (Å²) in [6.07, 6.45) is 1.87. The van der Waals surface area contributed by atoms with Crippen LogP contribution in [0.5, 0.6) is 0 Å². The second kappa shape index (κ2) is 5.46. The van der Waals surface area contributed by atoms with Crippen LogP contribution < -0.4 is 4.72 Å². The van der Waals surface area contributed by atoms with Gasteiger partial charge in [0.1, 0.15) is 0 Å². The van der Waals surface area contributed by atoms with Crippen LogP contribution in [0.2, 0.25) is 0 Å². The zero-order valence-electron chi connectivity index (χ0n) is 9.48. The first-order valence-corrected chi connectivity index (χ1v) is 9.00. The molecule has 7 heteroatoms. The van der Waals surface area contributed by atoms with E-state index in [4.69, 9.17) is 0 Å². The topological polar surface area (TPSA) is 80.3 Å². The standard InChI is InChI=1S/C9H19NO4S2/c1-2-6-16(13,14)10-5-3-9-4-7-15(11,12)8-9/h9-10H,2-8H2,1H3. The molecule has 0 amide bonds. The molecule has 0 spiro atoms. The second-order valence-electron chi connectivity index (χ2n) is 4.27. The van der Waals surface area contributed by atoms with Crippen LogP contribution in [-0.4, -0.2) is 40.6 Å². The summed E-state index contributed by atoms with van der Waals surface area (Å²) in [5.74, 6) is 0.715. The van der Waals surface area contributed by atoms with Gasteiger partial charge >= 0.3 is 0 Å². The lowest BCUT2D eigenvalue weighted by Crippen LogP contribution is -2.28. The van der Waals surface area contributed by atoms with E-state index in [1.165, 1.54) is 0 Å². The molecule has 5 nitrogen and oxygen atoms in total. The van der Waals surface area contributed by atoms with Crippen LogP contribution in [0.3, 0.4) is 0 Å². The average Bonchev–Trinajstić information content (AvgIpc) is 2.45. The average molecular weight is 269 g/mol. The summed E-state index contributed by atoms with van der Waals surface area (Å²) in [6.45, 7) is 2.16. The van der Waals surface area contributed by atoms with Crippen molar-refractivity contribution >= 4 is 19.9 Å². The van der Waals surface area contributed by atoms with Crippen LogP contribution >= 0.6 is 0 Å². The molecule has 1 saturated heterocycles. The largest absolute Gasteiger partial charge is 0.229 e. The molecule has 1 heterocycles. The minimum absolute atomic E-state index is 0.120. The number of sulfone groups is 1. The molecule has 0 aromatic carbocycles. The van der Waals surface area contributed by atoms with Gasteiger partial charge in [0.25, 0.3) is 0 Å². The molecular weight excluding hydrogens is 250 g/mol.